The summed E-state index contributed by atoms with van der Waals surface area (Å²) >= 11 is 0. The largest absolute Gasteiger partial charge is 0.489 e. The van der Waals surface area contributed by atoms with Gasteiger partial charge in [0.25, 0.3) is 5.91 Å². The minimum atomic E-state index is -0.433. The molecule has 0 saturated carbocycles. The maximum atomic E-state index is 12.9. The van der Waals surface area contributed by atoms with Crippen molar-refractivity contribution in [3.8, 4) is 5.75 Å². The Morgan fingerprint density at radius 1 is 0.900 bits per heavy atom. The molecule has 152 valence electrons. The number of ketones is 1. The third-order valence-electron chi connectivity index (χ3n) is 4.49. The summed E-state index contributed by atoms with van der Waals surface area (Å²) in [5.41, 5.74) is 2.56. The zero-order valence-electron chi connectivity index (χ0n) is 17.2. The first kappa shape index (κ1) is 21.1. The molecule has 4 nitrogen and oxygen atoms in total. The number of benzene rings is 3. The fraction of sp³-hybridized carbons (Fsp3) is 0.154. The van der Waals surface area contributed by atoms with E-state index in [2.05, 4.69) is 5.32 Å². The number of nitrogens with one attached hydrogen (secondary N) is 1. The molecule has 0 saturated heterocycles. The summed E-state index contributed by atoms with van der Waals surface area (Å²) in [4.78, 5) is 25.6. The van der Waals surface area contributed by atoms with Crippen molar-refractivity contribution in [1.29, 1.82) is 0 Å². The number of ether oxygens (including phenoxy) is 1. The Kier molecular flexibility index (Phi) is 7.17. The molecule has 1 N–H and O–H groups in total. The molecule has 3 aromatic rings. The molecule has 0 aliphatic heterocycles. The molecule has 3 aromatic carbocycles. The average molecular weight is 399 g/mol. The molecule has 0 unspecified atom stereocenters. The van der Waals surface area contributed by atoms with Crippen molar-refractivity contribution < 1.29 is 14.3 Å². The van der Waals surface area contributed by atoms with Crippen LogP contribution in [0, 0.1) is 5.92 Å². The first-order chi connectivity index (χ1) is 14.5. The van der Waals surface area contributed by atoms with Crippen LogP contribution in [-0.2, 0) is 16.2 Å². The van der Waals surface area contributed by atoms with Gasteiger partial charge in [0, 0.05) is 17.7 Å². The van der Waals surface area contributed by atoms with E-state index >= 15 is 0 Å². The van der Waals surface area contributed by atoms with Crippen molar-refractivity contribution in [2.45, 2.75) is 20.5 Å². The number of rotatable bonds is 8. The van der Waals surface area contributed by atoms with Crippen molar-refractivity contribution in [3.05, 3.63) is 102 Å². The van der Waals surface area contributed by atoms with Crippen molar-refractivity contribution in [3.63, 3.8) is 0 Å². The highest BCUT2D eigenvalue weighted by atomic mass is 16.5. The molecule has 0 aromatic heterocycles. The highest BCUT2D eigenvalue weighted by Crippen LogP contribution is 2.20. The molecule has 0 radical (unpaired) electrons. The van der Waals surface area contributed by atoms with Gasteiger partial charge in [0.05, 0.1) is 5.57 Å². The molecule has 0 heterocycles. The Morgan fingerprint density at radius 2 is 1.57 bits per heavy atom. The SMILES string of the molecule is CC(C)C(=O)/C(=C/c1ccccc1)C(=O)Nc1cccc(OCc2ccccc2)c1. The normalized spacial score (nSPS) is 11.2. The maximum absolute atomic E-state index is 12.9. The Hall–Kier alpha value is -3.66. The summed E-state index contributed by atoms with van der Waals surface area (Å²) in [5, 5.41) is 2.83. The number of anilines is 1. The van der Waals surface area contributed by atoms with Crippen LogP contribution in [0.2, 0.25) is 0 Å². The smallest absolute Gasteiger partial charge is 0.259 e. The van der Waals surface area contributed by atoms with Crippen molar-refractivity contribution in [2.24, 2.45) is 5.92 Å². The zero-order chi connectivity index (χ0) is 21.3. The summed E-state index contributed by atoms with van der Waals surface area (Å²) in [6.45, 7) is 4.00. The molecule has 0 spiro atoms. The third kappa shape index (κ3) is 5.92. The van der Waals surface area contributed by atoms with E-state index in [0.717, 1.165) is 11.1 Å². The number of hydrogen-bond acceptors (Lipinski definition) is 3. The van der Waals surface area contributed by atoms with Gasteiger partial charge >= 0.3 is 0 Å². The first-order valence-electron chi connectivity index (χ1n) is 9.92. The Bertz CT molecular complexity index is 1020. The molecule has 0 fully saturated rings. The lowest BCUT2D eigenvalue weighted by Crippen LogP contribution is -2.23. The second-order valence-electron chi connectivity index (χ2n) is 7.24. The van der Waals surface area contributed by atoms with E-state index in [1.807, 2.05) is 66.7 Å². The lowest BCUT2D eigenvalue weighted by atomic mass is 9.98. The van der Waals surface area contributed by atoms with Crippen LogP contribution in [0.15, 0.2) is 90.5 Å². The second-order valence-corrected chi connectivity index (χ2v) is 7.24. The lowest BCUT2D eigenvalue weighted by Gasteiger charge is -2.12. The minimum Gasteiger partial charge on any atom is -0.489 e. The monoisotopic (exact) mass is 399 g/mol. The van der Waals surface area contributed by atoms with Crippen LogP contribution < -0.4 is 10.1 Å². The molecule has 0 bridgehead atoms. The van der Waals surface area contributed by atoms with E-state index < -0.39 is 5.91 Å². The minimum absolute atomic E-state index is 0.131. The van der Waals surface area contributed by atoms with E-state index in [1.54, 1.807) is 38.1 Å². The Labute approximate surface area is 177 Å². The first-order valence-corrected chi connectivity index (χ1v) is 9.92. The number of carbonyl (C=O) groups excluding carboxylic acids is 2. The van der Waals surface area contributed by atoms with Crippen LogP contribution in [0.3, 0.4) is 0 Å². The standard InChI is InChI=1S/C26H25NO3/c1-19(2)25(28)24(16-20-10-5-3-6-11-20)26(29)27-22-14-9-15-23(17-22)30-18-21-12-7-4-8-13-21/h3-17,19H,18H2,1-2H3,(H,27,29)/b24-16-. The van der Waals surface area contributed by atoms with Gasteiger partial charge in [0.15, 0.2) is 5.78 Å². The Balaban J connectivity index is 1.75. The summed E-state index contributed by atoms with van der Waals surface area (Å²) in [6, 6.07) is 26.4. The van der Waals surface area contributed by atoms with E-state index in [9.17, 15) is 9.59 Å². The van der Waals surface area contributed by atoms with Crippen molar-refractivity contribution in [1.82, 2.24) is 0 Å². The van der Waals surface area contributed by atoms with Gasteiger partial charge in [0.2, 0.25) is 0 Å². The third-order valence-corrected chi connectivity index (χ3v) is 4.49. The average Bonchev–Trinajstić information content (AvgIpc) is 2.77. The van der Waals surface area contributed by atoms with E-state index in [0.29, 0.717) is 18.0 Å². The molecule has 0 aliphatic carbocycles. The number of hydrogen-bond donors (Lipinski definition) is 1. The molecule has 1 amide bonds. The van der Waals surface area contributed by atoms with Gasteiger partial charge in [-0.15, -0.1) is 0 Å². The highest BCUT2D eigenvalue weighted by Gasteiger charge is 2.21. The number of amides is 1. The van der Waals surface area contributed by atoms with Crippen LogP contribution >= 0.6 is 0 Å². The maximum Gasteiger partial charge on any atom is 0.259 e. The molecule has 30 heavy (non-hydrogen) atoms. The van der Waals surface area contributed by atoms with E-state index in [1.165, 1.54) is 0 Å². The van der Waals surface area contributed by atoms with Gasteiger partial charge in [-0.05, 0) is 29.3 Å². The Morgan fingerprint density at radius 3 is 2.23 bits per heavy atom. The second kappa shape index (κ2) is 10.2. The lowest BCUT2D eigenvalue weighted by molar-refractivity contribution is -0.121. The van der Waals surface area contributed by atoms with Crippen LogP contribution in [0.1, 0.15) is 25.0 Å². The summed E-state index contributed by atoms with van der Waals surface area (Å²) in [5.74, 6) is -0.280. The number of Topliss-reactive ketones (excluding diaryl/α,β-unsaturated/α-hetero) is 1. The van der Waals surface area contributed by atoms with Gasteiger partial charge in [-0.25, -0.2) is 0 Å². The van der Waals surface area contributed by atoms with Crippen LogP contribution in [0.4, 0.5) is 5.69 Å². The van der Waals surface area contributed by atoms with Gasteiger partial charge in [-0.1, -0.05) is 80.6 Å². The highest BCUT2D eigenvalue weighted by molar-refractivity contribution is 6.26. The van der Waals surface area contributed by atoms with Crippen LogP contribution in [0.25, 0.3) is 6.08 Å². The molecule has 0 atom stereocenters. The van der Waals surface area contributed by atoms with Gasteiger partial charge in [-0.2, -0.15) is 0 Å². The quantitative estimate of drug-likeness (QED) is 0.309. The van der Waals surface area contributed by atoms with Crippen LogP contribution in [-0.4, -0.2) is 11.7 Å². The van der Waals surface area contributed by atoms with Crippen LogP contribution in [0.5, 0.6) is 5.75 Å². The summed E-state index contributed by atoms with van der Waals surface area (Å²) < 4.78 is 5.82. The molecule has 0 aliphatic rings. The topological polar surface area (TPSA) is 55.4 Å². The molecule has 4 heteroatoms. The van der Waals surface area contributed by atoms with Crippen molar-refractivity contribution >= 4 is 23.5 Å². The summed E-state index contributed by atoms with van der Waals surface area (Å²) in [7, 11) is 0. The number of carbonyl (C=O) groups is 2. The molecular weight excluding hydrogens is 374 g/mol. The van der Waals surface area contributed by atoms with E-state index in [-0.39, 0.29) is 17.3 Å². The molecule has 3 rings (SSSR count). The fourth-order valence-corrected chi connectivity index (χ4v) is 2.88. The predicted octanol–water partition coefficient (Wildman–Crippen LogP) is 5.51. The predicted molar refractivity (Wildman–Crippen MR) is 120 cm³/mol. The van der Waals surface area contributed by atoms with Gasteiger partial charge in [0.1, 0.15) is 12.4 Å². The van der Waals surface area contributed by atoms with E-state index in [4.69, 9.17) is 4.74 Å². The van der Waals surface area contributed by atoms with Gasteiger partial charge < -0.3 is 10.1 Å². The van der Waals surface area contributed by atoms with Gasteiger partial charge in [-0.3, -0.25) is 9.59 Å². The zero-order valence-corrected chi connectivity index (χ0v) is 17.2. The fourth-order valence-electron chi connectivity index (χ4n) is 2.88. The summed E-state index contributed by atoms with van der Waals surface area (Å²) in [6.07, 6.45) is 1.63. The van der Waals surface area contributed by atoms with Crippen molar-refractivity contribution in [2.75, 3.05) is 5.32 Å². The molecular formula is C26H25NO3.